The van der Waals surface area contributed by atoms with Gasteiger partial charge in [0.1, 0.15) is 12.4 Å². The fraction of sp³-hybridized carbons (Fsp3) is 0.500. The molecule has 1 aliphatic heterocycles. The number of hydrogen-bond acceptors (Lipinski definition) is 4. The van der Waals surface area contributed by atoms with Gasteiger partial charge in [0.25, 0.3) is 0 Å². The summed E-state index contributed by atoms with van der Waals surface area (Å²) in [4.78, 5) is 4.85. The Morgan fingerprint density at radius 3 is 2.54 bits per heavy atom. The number of piperazine rings is 1. The van der Waals surface area contributed by atoms with E-state index in [0.717, 1.165) is 44.9 Å². The molecule has 0 aliphatic carbocycles. The van der Waals surface area contributed by atoms with Crippen LogP contribution in [0, 0.1) is 0 Å². The molecule has 1 aliphatic rings. The van der Waals surface area contributed by atoms with Crippen molar-refractivity contribution in [3.8, 4) is 5.75 Å². The molecular formula is C20H28N2O2. The zero-order chi connectivity index (χ0) is 16.8. The van der Waals surface area contributed by atoms with Gasteiger partial charge in [0, 0.05) is 44.2 Å². The van der Waals surface area contributed by atoms with Crippen LogP contribution in [-0.2, 0) is 0 Å². The second-order valence-electron chi connectivity index (χ2n) is 6.45. The van der Waals surface area contributed by atoms with Gasteiger partial charge in [-0.1, -0.05) is 43.3 Å². The van der Waals surface area contributed by atoms with Crippen molar-refractivity contribution in [2.45, 2.75) is 19.4 Å². The molecule has 130 valence electrons. The van der Waals surface area contributed by atoms with Gasteiger partial charge in [-0.15, -0.1) is 0 Å². The lowest BCUT2D eigenvalue weighted by Gasteiger charge is -2.38. The normalized spacial score (nSPS) is 17.9. The van der Waals surface area contributed by atoms with Crippen molar-refractivity contribution in [1.29, 1.82) is 0 Å². The fourth-order valence-corrected chi connectivity index (χ4v) is 3.46. The minimum atomic E-state index is 0.265. The standard InChI is InChI=1S/C20H28N2O2/c1-2-18(16-23)22-12-10-21(11-13-22)14-15-24-20-9-5-7-17-6-3-4-8-19(17)20/h3-9,18,23H,2,10-16H2,1H3. The third kappa shape index (κ3) is 4.07. The highest BCUT2D eigenvalue weighted by Gasteiger charge is 2.21. The predicted octanol–water partition coefficient (Wildman–Crippen LogP) is 2.61. The Bertz CT molecular complexity index is 629. The molecule has 4 heteroatoms. The van der Waals surface area contributed by atoms with Crippen LogP contribution in [0.4, 0.5) is 0 Å². The van der Waals surface area contributed by atoms with Crippen LogP contribution in [0.25, 0.3) is 10.8 Å². The van der Waals surface area contributed by atoms with Crippen LogP contribution < -0.4 is 4.74 Å². The third-order valence-electron chi connectivity index (χ3n) is 5.02. The van der Waals surface area contributed by atoms with Gasteiger partial charge in [0.15, 0.2) is 0 Å². The number of nitrogens with zero attached hydrogens (tertiary/aromatic N) is 2. The lowest BCUT2D eigenvalue weighted by atomic mass is 10.1. The first-order chi connectivity index (χ1) is 11.8. The van der Waals surface area contributed by atoms with E-state index in [4.69, 9.17) is 4.74 Å². The zero-order valence-corrected chi connectivity index (χ0v) is 14.5. The van der Waals surface area contributed by atoms with E-state index in [2.05, 4.69) is 53.1 Å². The fourth-order valence-electron chi connectivity index (χ4n) is 3.46. The second kappa shape index (κ2) is 8.47. The van der Waals surface area contributed by atoms with Gasteiger partial charge in [0.2, 0.25) is 0 Å². The molecule has 3 rings (SSSR count). The quantitative estimate of drug-likeness (QED) is 0.847. The summed E-state index contributed by atoms with van der Waals surface area (Å²) in [6.45, 7) is 8.25. The number of ether oxygens (including phenoxy) is 1. The van der Waals surface area contributed by atoms with Crippen LogP contribution in [0.5, 0.6) is 5.75 Å². The van der Waals surface area contributed by atoms with E-state index >= 15 is 0 Å². The van der Waals surface area contributed by atoms with Crippen molar-refractivity contribution in [3.05, 3.63) is 42.5 Å². The first-order valence-electron chi connectivity index (χ1n) is 8.99. The molecule has 4 nitrogen and oxygen atoms in total. The highest BCUT2D eigenvalue weighted by Crippen LogP contribution is 2.25. The molecule has 0 bridgehead atoms. The number of hydrogen-bond donors (Lipinski definition) is 1. The van der Waals surface area contributed by atoms with Crippen molar-refractivity contribution in [2.75, 3.05) is 45.9 Å². The Balaban J connectivity index is 1.47. The summed E-state index contributed by atoms with van der Waals surface area (Å²) >= 11 is 0. The van der Waals surface area contributed by atoms with E-state index in [1.54, 1.807) is 0 Å². The average Bonchev–Trinajstić information content (AvgIpc) is 2.64. The molecule has 0 amide bonds. The zero-order valence-electron chi connectivity index (χ0n) is 14.5. The molecule has 1 N–H and O–H groups in total. The summed E-state index contributed by atoms with van der Waals surface area (Å²) in [5, 5.41) is 11.8. The number of fused-ring (bicyclic) bond motifs is 1. The van der Waals surface area contributed by atoms with Gasteiger partial charge in [-0.25, -0.2) is 0 Å². The summed E-state index contributed by atoms with van der Waals surface area (Å²) in [7, 11) is 0. The van der Waals surface area contributed by atoms with Crippen LogP contribution in [0.2, 0.25) is 0 Å². The predicted molar refractivity (Wildman–Crippen MR) is 98.6 cm³/mol. The maximum atomic E-state index is 9.42. The van der Waals surface area contributed by atoms with Gasteiger partial charge in [-0.05, 0) is 17.9 Å². The van der Waals surface area contributed by atoms with E-state index in [1.807, 2.05) is 6.07 Å². The lowest BCUT2D eigenvalue weighted by molar-refractivity contribution is 0.0585. The van der Waals surface area contributed by atoms with E-state index in [-0.39, 0.29) is 6.61 Å². The molecule has 2 aromatic rings. The summed E-state index contributed by atoms with van der Waals surface area (Å²) in [6, 6.07) is 14.9. The Morgan fingerprint density at radius 1 is 1.04 bits per heavy atom. The topological polar surface area (TPSA) is 35.9 Å². The summed E-state index contributed by atoms with van der Waals surface area (Å²) < 4.78 is 6.04. The Kier molecular flexibility index (Phi) is 6.07. The van der Waals surface area contributed by atoms with Crippen LogP contribution in [-0.4, -0.2) is 66.9 Å². The number of aliphatic hydroxyl groups excluding tert-OH is 1. The van der Waals surface area contributed by atoms with Gasteiger partial charge in [-0.3, -0.25) is 9.80 Å². The maximum absolute atomic E-state index is 9.42. The van der Waals surface area contributed by atoms with Crippen LogP contribution in [0.1, 0.15) is 13.3 Å². The highest BCUT2D eigenvalue weighted by molar-refractivity contribution is 5.88. The molecule has 0 aromatic heterocycles. The minimum Gasteiger partial charge on any atom is -0.492 e. The van der Waals surface area contributed by atoms with Crippen molar-refractivity contribution in [2.24, 2.45) is 0 Å². The first-order valence-corrected chi connectivity index (χ1v) is 8.99. The monoisotopic (exact) mass is 328 g/mol. The Hall–Kier alpha value is -1.62. The Morgan fingerprint density at radius 2 is 1.79 bits per heavy atom. The van der Waals surface area contributed by atoms with Crippen LogP contribution >= 0.6 is 0 Å². The highest BCUT2D eigenvalue weighted by atomic mass is 16.5. The molecule has 1 atom stereocenters. The van der Waals surface area contributed by atoms with Gasteiger partial charge >= 0.3 is 0 Å². The summed E-state index contributed by atoms with van der Waals surface area (Å²) in [5.41, 5.74) is 0. The maximum Gasteiger partial charge on any atom is 0.127 e. The molecular weight excluding hydrogens is 300 g/mol. The van der Waals surface area contributed by atoms with Crippen LogP contribution in [0.3, 0.4) is 0 Å². The summed E-state index contributed by atoms with van der Waals surface area (Å²) in [6.07, 6.45) is 1.01. The molecule has 0 radical (unpaired) electrons. The van der Waals surface area contributed by atoms with E-state index < -0.39 is 0 Å². The van der Waals surface area contributed by atoms with Crippen molar-refractivity contribution in [3.63, 3.8) is 0 Å². The average molecular weight is 328 g/mol. The van der Waals surface area contributed by atoms with Crippen molar-refractivity contribution < 1.29 is 9.84 Å². The minimum absolute atomic E-state index is 0.265. The van der Waals surface area contributed by atoms with E-state index in [9.17, 15) is 5.11 Å². The molecule has 1 unspecified atom stereocenters. The second-order valence-corrected chi connectivity index (χ2v) is 6.45. The van der Waals surface area contributed by atoms with E-state index in [1.165, 1.54) is 10.8 Å². The molecule has 24 heavy (non-hydrogen) atoms. The molecule has 0 saturated carbocycles. The largest absolute Gasteiger partial charge is 0.492 e. The molecule has 0 spiro atoms. The lowest BCUT2D eigenvalue weighted by Crippen LogP contribution is -2.51. The molecule has 1 heterocycles. The Labute approximate surface area is 144 Å². The van der Waals surface area contributed by atoms with Crippen molar-refractivity contribution in [1.82, 2.24) is 9.80 Å². The smallest absolute Gasteiger partial charge is 0.127 e. The molecule has 1 fully saturated rings. The van der Waals surface area contributed by atoms with Gasteiger partial charge in [-0.2, -0.15) is 0 Å². The summed E-state index contributed by atoms with van der Waals surface area (Å²) in [5.74, 6) is 0.970. The van der Waals surface area contributed by atoms with Gasteiger partial charge < -0.3 is 9.84 Å². The number of rotatable bonds is 7. The number of aliphatic hydroxyl groups is 1. The van der Waals surface area contributed by atoms with E-state index in [0.29, 0.717) is 12.6 Å². The SMILES string of the molecule is CCC(CO)N1CCN(CCOc2cccc3ccccc23)CC1. The first kappa shape index (κ1) is 17.2. The van der Waals surface area contributed by atoms with Crippen molar-refractivity contribution >= 4 is 10.8 Å². The van der Waals surface area contributed by atoms with Crippen LogP contribution in [0.15, 0.2) is 42.5 Å². The van der Waals surface area contributed by atoms with Gasteiger partial charge in [0.05, 0.1) is 6.61 Å². The molecule has 2 aromatic carbocycles. The third-order valence-corrected chi connectivity index (χ3v) is 5.02. The number of benzene rings is 2. The molecule has 1 saturated heterocycles.